The lowest BCUT2D eigenvalue weighted by molar-refractivity contribution is -0.128. The number of hydrogen-bond donors (Lipinski definition) is 0. The van der Waals surface area contributed by atoms with Gasteiger partial charge in [0.15, 0.2) is 0 Å². The minimum atomic E-state index is -0.545. The first kappa shape index (κ1) is 11.8. The highest BCUT2D eigenvalue weighted by atomic mass is 35.5. The predicted octanol–water partition coefficient (Wildman–Crippen LogP) is 3.55. The van der Waals surface area contributed by atoms with Gasteiger partial charge in [0.2, 0.25) is 0 Å². The lowest BCUT2D eigenvalue weighted by Crippen LogP contribution is -2.20. The molecular weight excluding hydrogens is 254 g/mol. The van der Waals surface area contributed by atoms with E-state index in [1.807, 2.05) is 0 Å². The molecule has 5 heteroatoms. The van der Waals surface area contributed by atoms with Gasteiger partial charge in [0, 0.05) is 18.4 Å². The molecule has 1 aliphatic rings. The quantitative estimate of drug-likeness (QED) is 0.724. The highest BCUT2D eigenvalue weighted by Crippen LogP contribution is 2.33. The lowest BCUT2D eigenvalue weighted by atomic mass is 10.00. The van der Waals surface area contributed by atoms with Crippen LogP contribution in [0.2, 0.25) is 10.0 Å². The van der Waals surface area contributed by atoms with E-state index in [4.69, 9.17) is 27.9 Å². The molecule has 0 N–H and O–H groups in total. The number of ketones is 1. The number of ether oxygens (including phenoxy) is 1. The standard InChI is InChI=1S/C11H9Cl2FO2/c12-8-4-7(10(14)5-9(8)13)11-3-6(15)1-2-16-11/h4-5,11H,1-3H2. The fourth-order valence-corrected chi connectivity index (χ4v) is 1.99. The summed E-state index contributed by atoms with van der Waals surface area (Å²) in [7, 11) is 0. The van der Waals surface area contributed by atoms with E-state index < -0.39 is 11.9 Å². The van der Waals surface area contributed by atoms with Crippen molar-refractivity contribution in [2.75, 3.05) is 6.61 Å². The van der Waals surface area contributed by atoms with Gasteiger partial charge in [-0.15, -0.1) is 0 Å². The van der Waals surface area contributed by atoms with Crippen molar-refractivity contribution in [1.29, 1.82) is 0 Å². The third-order valence-electron chi connectivity index (χ3n) is 2.50. The Bertz CT molecular complexity index is 434. The smallest absolute Gasteiger partial charge is 0.138 e. The average Bonchev–Trinajstić information content (AvgIpc) is 2.23. The van der Waals surface area contributed by atoms with Gasteiger partial charge in [0.1, 0.15) is 11.6 Å². The van der Waals surface area contributed by atoms with Crippen LogP contribution in [0.3, 0.4) is 0 Å². The second kappa shape index (κ2) is 4.70. The fraction of sp³-hybridized carbons (Fsp3) is 0.364. The number of carbonyl (C=O) groups is 1. The zero-order chi connectivity index (χ0) is 11.7. The molecule has 1 aromatic rings. The van der Waals surface area contributed by atoms with Gasteiger partial charge >= 0.3 is 0 Å². The van der Waals surface area contributed by atoms with Gasteiger partial charge < -0.3 is 4.74 Å². The monoisotopic (exact) mass is 262 g/mol. The van der Waals surface area contributed by atoms with E-state index in [2.05, 4.69) is 0 Å². The summed E-state index contributed by atoms with van der Waals surface area (Å²) in [6.45, 7) is 0.323. The Morgan fingerprint density at radius 2 is 2.00 bits per heavy atom. The second-order valence-electron chi connectivity index (χ2n) is 3.64. The second-order valence-corrected chi connectivity index (χ2v) is 4.45. The maximum absolute atomic E-state index is 13.6. The van der Waals surface area contributed by atoms with Gasteiger partial charge in [-0.1, -0.05) is 23.2 Å². The highest BCUT2D eigenvalue weighted by Gasteiger charge is 2.25. The van der Waals surface area contributed by atoms with Crippen molar-refractivity contribution in [3.8, 4) is 0 Å². The van der Waals surface area contributed by atoms with Crippen LogP contribution < -0.4 is 0 Å². The molecule has 2 rings (SSSR count). The Kier molecular flexibility index (Phi) is 3.47. The molecule has 0 radical (unpaired) electrons. The molecule has 0 spiro atoms. The molecule has 0 amide bonds. The number of Topliss-reactive ketones (excluding diaryl/α,β-unsaturated/α-hetero) is 1. The van der Waals surface area contributed by atoms with E-state index in [0.717, 1.165) is 6.07 Å². The summed E-state index contributed by atoms with van der Waals surface area (Å²) in [5, 5.41) is 0.421. The summed E-state index contributed by atoms with van der Waals surface area (Å²) in [5.41, 5.74) is 0.294. The molecule has 0 bridgehead atoms. The highest BCUT2D eigenvalue weighted by molar-refractivity contribution is 6.42. The molecule has 1 unspecified atom stereocenters. The maximum atomic E-state index is 13.6. The van der Waals surface area contributed by atoms with Gasteiger partial charge in [0.25, 0.3) is 0 Å². The molecule has 16 heavy (non-hydrogen) atoms. The number of benzene rings is 1. The molecule has 1 aliphatic heterocycles. The van der Waals surface area contributed by atoms with Crippen molar-refractivity contribution in [3.63, 3.8) is 0 Å². The molecule has 0 aliphatic carbocycles. The predicted molar refractivity (Wildman–Crippen MR) is 59.4 cm³/mol. The van der Waals surface area contributed by atoms with Crippen LogP contribution in [0.5, 0.6) is 0 Å². The Balaban J connectivity index is 2.32. The van der Waals surface area contributed by atoms with Crippen LogP contribution in [0.4, 0.5) is 4.39 Å². The van der Waals surface area contributed by atoms with E-state index in [9.17, 15) is 9.18 Å². The zero-order valence-corrected chi connectivity index (χ0v) is 9.82. The third-order valence-corrected chi connectivity index (χ3v) is 3.22. The Morgan fingerprint density at radius 1 is 1.31 bits per heavy atom. The van der Waals surface area contributed by atoms with Crippen molar-refractivity contribution in [2.45, 2.75) is 18.9 Å². The third kappa shape index (κ3) is 2.37. The van der Waals surface area contributed by atoms with E-state index in [0.29, 0.717) is 18.6 Å². The van der Waals surface area contributed by atoms with Gasteiger partial charge in [-0.3, -0.25) is 4.79 Å². The largest absolute Gasteiger partial charge is 0.372 e. The van der Waals surface area contributed by atoms with Crippen LogP contribution in [0.25, 0.3) is 0 Å². The molecule has 86 valence electrons. The molecule has 1 aromatic carbocycles. The maximum Gasteiger partial charge on any atom is 0.138 e. The average molecular weight is 263 g/mol. The van der Waals surface area contributed by atoms with Crippen molar-refractivity contribution in [1.82, 2.24) is 0 Å². The number of halogens is 3. The number of hydrogen-bond acceptors (Lipinski definition) is 2. The number of carbonyl (C=O) groups excluding carboxylic acids is 1. The summed E-state index contributed by atoms with van der Waals surface area (Å²) in [5.74, 6) is -0.421. The molecule has 1 saturated heterocycles. The topological polar surface area (TPSA) is 26.3 Å². The van der Waals surface area contributed by atoms with E-state index in [1.54, 1.807) is 0 Å². The molecule has 2 nitrogen and oxygen atoms in total. The molecule has 1 fully saturated rings. The summed E-state index contributed by atoms with van der Waals surface area (Å²) < 4.78 is 19.0. The molecule has 0 aromatic heterocycles. The van der Waals surface area contributed by atoms with Crippen LogP contribution in [0, 0.1) is 5.82 Å². The van der Waals surface area contributed by atoms with E-state index in [-0.39, 0.29) is 22.2 Å². The first-order valence-electron chi connectivity index (χ1n) is 4.85. The normalized spacial score (nSPS) is 21.2. The van der Waals surface area contributed by atoms with Crippen LogP contribution in [0.15, 0.2) is 12.1 Å². The van der Waals surface area contributed by atoms with Gasteiger partial charge in [-0.25, -0.2) is 4.39 Å². The molecule has 0 saturated carbocycles. The van der Waals surface area contributed by atoms with Gasteiger partial charge in [-0.05, 0) is 12.1 Å². The zero-order valence-electron chi connectivity index (χ0n) is 8.30. The van der Waals surface area contributed by atoms with Crippen molar-refractivity contribution in [3.05, 3.63) is 33.6 Å². The number of rotatable bonds is 1. The Hall–Kier alpha value is -0.640. The molecular formula is C11H9Cl2FO2. The molecule has 1 heterocycles. The van der Waals surface area contributed by atoms with Crippen LogP contribution in [0.1, 0.15) is 24.5 Å². The summed E-state index contributed by atoms with van der Waals surface area (Å²) >= 11 is 11.5. The first-order chi connectivity index (χ1) is 7.58. The lowest BCUT2D eigenvalue weighted by Gasteiger charge is -2.22. The summed E-state index contributed by atoms with van der Waals surface area (Å²) in [6.07, 6.45) is 0.0323. The van der Waals surface area contributed by atoms with Gasteiger partial charge in [-0.2, -0.15) is 0 Å². The van der Waals surface area contributed by atoms with E-state index in [1.165, 1.54) is 6.07 Å². The minimum absolute atomic E-state index is 0.0710. The van der Waals surface area contributed by atoms with Crippen LogP contribution >= 0.6 is 23.2 Å². The fourth-order valence-electron chi connectivity index (χ4n) is 1.67. The van der Waals surface area contributed by atoms with Crippen molar-refractivity contribution >= 4 is 29.0 Å². The van der Waals surface area contributed by atoms with Crippen LogP contribution in [-0.4, -0.2) is 12.4 Å². The molecule has 1 atom stereocenters. The van der Waals surface area contributed by atoms with Gasteiger partial charge in [0.05, 0.1) is 22.8 Å². The van der Waals surface area contributed by atoms with Crippen molar-refractivity contribution in [2.24, 2.45) is 0 Å². The van der Waals surface area contributed by atoms with E-state index >= 15 is 0 Å². The Labute approximate surface area is 102 Å². The SMILES string of the molecule is O=C1CCOC(c2cc(Cl)c(Cl)cc2F)C1. The Morgan fingerprint density at radius 3 is 2.69 bits per heavy atom. The summed E-state index contributed by atoms with van der Waals surface area (Å²) in [6, 6.07) is 2.56. The van der Waals surface area contributed by atoms with Crippen molar-refractivity contribution < 1.29 is 13.9 Å². The summed E-state index contributed by atoms with van der Waals surface area (Å²) in [4.78, 5) is 11.2. The first-order valence-corrected chi connectivity index (χ1v) is 5.61. The van der Waals surface area contributed by atoms with Crippen LogP contribution in [-0.2, 0) is 9.53 Å². The minimum Gasteiger partial charge on any atom is -0.372 e.